The quantitative estimate of drug-likeness (QED) is 0.663. The van der Waals surface area contributed by atoms with Crippen LogP contribution in [-0.2, 0) is 0 Å². The number of nitrogen functional groups attached to an aromatic ring is 1. The number of hydrogen-bond donors (Lipinski definition) is 2. The molecule has 6 heteroatoms. The Morgan fingerprint density at radius 3 is 2.90 bits per heavy atom. The number of allylic oxidation sites excluding steroid dienone is 4. The average molecular weight is 301 g/mol. The van der Waals surface area contributed by atoms with Gasteiger partial charge in [0, 0.05) is 13.1 Å². The molecule has 0 radical (unpaired) electrons. The summed E-state index contributed by atoms with van der Waals surface area (Å²) in [5, 5.41) is 3.40. The highest BCUT2D eigenvalue weighted by Gasteiger charge is 2.17. The van der Waals surface area contributed by atoms with Crippen LogP contribution in [0.15, 0.2) is 48.0 Å². The Hall–Kier alpha value is -2.36. The van der Waals surface area contributed by atoms with Gasteiger partial charge in [0.1, 0.15) is 22.6 Å². The molecule has 0 amide bonds. The highest BCUT2D eigenvalue weighted by molar-refractivity contribution is 6.32. The zero-order chi connectivity index (χ0) is 14.7. The topological polar surface area (TPSA) is 67.1 Å². The molecule has 1 aliphatic carbocycles. The Bertz CT molecular complexity index is 660. The van der Waals surface area contributed by atoms with Crippen molar-refractivity contribution in [3.8, 4) is 0 Å². The van der Waals surface area contributed by atoms with E-state index in [-0.39, 0.29) is 5.82 Å². The Kier molecular flexibility index (Phi) is 3.86. The van der Waals surface area contributed by atoms with Gasteiger partial charge < -0.3 is 10.6 Å². The van der Waals surface area contributed by atoms with Gasteiger partial charge in [-0.2, -0.15) is 4.98 Å². The van der Waals surface area contributed by atoms with E-state index in [0.29, 0.717) is 11.0 Å². The molecule has 2 heterocycles. The van der Waals surface area contributed by atoms with Crippen LogP contribution in [0.1, 0.15) is 6.42 Å². The van der Waals surface area contributed by atoms with E-state index >= 15 is 0 Å². The van der Waals surface area contributed by atoms with E-state index < -0.39 is 0 Å². The van der Waals surface area contributed by atoms with Crippen molar-refractivity contribution in [2.75, 3.05) is 24.1 Å². The van der Waals surface area contributed by atoms with E-state index in [2.05, 4.69) is 44.5 Å². The van der Waals surface area contributed by atoms with Crippen LogP contribution in [-0.4, -0.2) is 28.0 Å². The highest BCUT2D eigenvalue weighted by Crippen LogP contribution is 2.19. The maximum atomic E-state index is 5.79. The minimum atomic E-state index is 0.255. The number of halogens is 1. The molecule has 3 rings (SSSR count). The predicted octanol–water partition coefficient (Wildman–Crippen LogP) is 2.53. The molecule has 0 atom stereocenters. The molecule has 3 N–H and O–H groups in total. The molecule has 0 unspecified atom stereocenters. The maximum absolute atomic E-state index is 5.79. The second kappa shape index (κ2) is 5.95. The van der Waals surface area contributed by atoms with Crippen molar-refractivity contribution in [2.45, 2.75) is 6.42 Å². The molecule has 0 fully saturated rings. The van der Waals surface area contributed by atoms with Gasteiger partial charge >= 0.3 is 0 Å². The summed E-state index contributed by atoms with van der Waals surface area (Å²) in [5.74, 6) is 0.660. The molecule has 1 aromatic heterocycles. The van der Waals surface area contributed by atoms with Crippen LogP contribution in [0.3, 0.4) is 0 Å². The number of nitrogens with one attached hydrogen (secondary N) is 1. The van der Waals surface area contributed by atoms with Gasteiger partial charge in [-0.15, -0.1) is 0 Å². The molecule has 1 aromatic rings. The first-order chi connectivity index (χ1) is 10.2. The smallest absolute Gasteiger partial charge is 0.231 e. The van der Waals surface area contributed by atoms with Crippen LogP contribution in [0.25, 0.3) is 0 Å². The molecule has 0 spiro atoms. The molecule has 1 aliphatic heterocycles. The first-order valence-corrected chi connectivity index (χ1v) is 7.07. The monoisotopic (exact) mass is 300 g/mol. The molecule has 0 bridgehead atoms. The van der Waals surface area contributed by atoms with Crippen LogP contribution in [0.4, 0.5) is 11.8 Å². The minimum Gasteiger partial charge on any atom is -0.382 e. The number of anilines is 2. The van der Waals surface area contributed by atoms with Gasteiger partial charge in [0.25, 0.3) is 0 Å². The Balaban J connectivity index is 1.69. The Labute approximate surface area is 128 Å². The molecule has 5 nitrogen and oxygen atoms in total. The molecule has 0 aromatic carbocycles. The highest BCUT2D eigenvalue weighted by atomic mass is 35.5. The largest absolute Gasteiger partial charge is 0.382 e. The summed E-state index contributed by atoms with van der Waals surface area (Å²) in [4.78, 5) is 10.4. The predicted molar refractivity (Wildman–Crippen MR) is 84.4 cm³/mol. The fraction of sp³-hybridized carbons (Fsp3) is 0.200. The third kappa shape index (κ3) is 3.21. The summed E-state index contributed by atoms with van der Waals surface area (Å²) in [7, 11) is 0. The van der Waals surface area contributed by atoms with Crippen molar-refractivity contribution in [2.24, 2.45) is 0 Å². The van der Waals surface area contributed by atoms with Crippen molar-refractivity contribution in [1.82, 2.24) is 14.9 Å². The van der Waals surface area contributed by atoms with E-state index in [1.165, 1.54) is 6.20 Å². The van der Waals surface area contributed by atoms with Gasteiger partial charge in [-0.3, -0.25) is 5.32 Å². The number of nitrogens with zero attached hydrogens (tertiary/aromatic N) is 3. The standard InChI is InChI=1S/C15H15ClN5/c16-13-10-18-15(20-14(13)17)19-11-4-6-12(7-5-11)21-8-2-1-3-9-21/h1-2,4,6-7,10H,3,8-9H2,(H3,17,18,19,20)/q+1. The van der Waals surface area contributed by atoms with Crippen molar-refractivity contribution in [3.05, 3.63) is 59.1 Å². The average Bonchev–Trinajstić information content (AvgIpc) is 2.53. The molecule has 0 saturated carbocycles. The normalized spacial score (nSPS) is 17.1. The fourth-order valence-corrected chi connectivity index (χ4v) is 2.22. The fourth-order valence-electron chi connectivity index (χ4n) is 2.13. The number of rotatable bonds is 3. The van der Waals surface area contributed by atoms with Crippen LogP contribution in [0.5, 0.6) is 0 Å². The van der Waals surface area contributed by atoms with Crippen LogP contribution >= 0.6 is 11.6 Å². The molecule has 2 aliphatic rings. The lowest BCUT2D eigenvalue weighted by molar-refractivity contribution is 0.386. The lowest BCUT2D eigenvalue weighted by Crippen LogP contribution is -2.26. The zero-order valence-electron chi connectivity index (χ0n) is 11.4. The molecule has 21 heavy (non-hydrogen) atoms. The zero-order valence-corrected chi connectivity index (χ0v) is 12.1. The maximum Gasteiger partial charge on any atom is 0.231 e. The van der Waals surface area contributed by atoms with E-state index in [9.17, 15) is 0 Å². The molecule has 106 valence electrons. The van der Waals surface area contributed by atoms with Crippen LogP contribution in [0.2, 0.25) is 5.02 Å². The summed E-state index contributed by atoms with van der Waals surface area (Å²) >= 11 is 5.79. The van der Waals surface area contributed by atoms with E-state index in [0.717, 1.165) is 30.9 Å². The van der Waals surface area contributed by atoms with Crippen LogP contribution < -0.4 is 11.1 Å². The lowest BCUT2D eigenvalue weighted by Gasteiger charge is -2.22. The van der Waals surface area contributed by atoms with Gasteiger partial charge in [0.05, 0.1) is 24.4 Å². The summed E-state index contributed by atoms with van der Waals surface area (Å²) in [6, 6.07) is 0. The first-order valence-electron chi connectivity index (χ1n) is 6.69. The Morgan fingerprint density at radius 1 is 1.33 bits per heavy atom. The van der Waals surface area contributed by atoms with Gasteiger partial charge in [-0.05, 0) is 6.42 Å². The number of nitrogens with two attached hydrogens (primary N) is 1. The summed E-state index contributed by atoms with van der Waals surface area (Å²) in [6.07, 6.45) is 16.1. The van der Waals surface area contributed by atoms with E-state index in [4.69, 9.17) is 17.3 Å². The van der Waals surface area contributed by atoms with Crippen LogP contribution in [0, 0.1) is 6.08 Å². The summed E-state index contributed by atoms with van der Waals surface area (Å²) in [5.41, 5.74) is 7.59. The first kappa shape index (κ1) is 13.6. The van der Waals surface area contributed by atoms with Crippen molar-refractivity contribution < 1.29 is 0 Å². The minimum absolute atomic E-state index is 0.255. The van der Waals surface area contributed by atoms with Crippen molar-refractivity contribution >= 4 is 23.4 Å². The number of hydrogen-bond acceptors (Lipinski definition) is 5. The Morgan fingerprint density at radius 2 is 2.24 bits per heavy atom. The van der Waals surface area contributed by atoms with E-state index in [1.54, 1.807) is 0 Å². The second-order valence-electron chi connectivity index (χ2n) is 4.72. The van der Waals surface area contributed by atoms with Crippen molar-refractivity contribution in [3.63, 3.8) is 0 Å². The van der Waals surface area contributed by atoms with Gasteiger partial charge in [-0.25, -0.2) is 4.98 Å². The lowest BCUT2D eigenvalue weighted by atomic mass is 10.1. The summed E-state index contributed by atoms with van der Waals surface area (Å²) < 4.78 is 0. The van der Waals surface area contributed by atoms with Gasteiger partial charge in [0.15, 0.2) is 0 Å². The molecular weight excluding hydrogens is 286 g/mol. The second-order valence-corrected chi connectivity index (χ2v) is 5.13. The number of aromatic nitrogens is 2. The molecular formula is C15H15ClN5+. The SMILES string of the molecule is Nc1nc(NC2=[C+]C=C(N3CC=CCC3)C=C2)ncc1Cl. The van der Waals surface area contributed by atoms with Gasteiger partial charge in [0.2, 0.25) is 11.6 Å². The van der Waals surface area contributed by atoms with Crippen molar-refractivity contribution in [1.29, 1.82) is 0 Å². The molecule has 0 saturated heterocycles. The third-order valence-corrected chi connectivity index (χ3v) is 3.53. The van der Waals surface area contributed by atoms with Gasteiger partial charge in [-0.1, -0.05) is 23.8 Å². The van der Waals surface area contributed by atoms with E-state index in [1.807, 2.05) is 12.2 Å². The third-order valence-electron chi connectivity index (χ3n) is 3.24. The summed E-state index contributed by atoms with van der Waals surface area (Å²) in [6.45, 7) is 1.98.